The highest BCUT2D eigenvalue weighted by molar-refractivity contribution is 6.16. The van der Waals surface area contributed by atoms with E-state index >= 15 is 0 Å². The van der Waals surface area contributed by atoms with E-state index in [-0.39, 0.29) is 17.4 Å². The molecule has 4 rings (SSSR count). The standard InChI is InChI=1S/C24H24N2O5/c1-15(2)30-13-5-12-26-21(16-8-10-25-11-9-16)20(23(28)24(26)29)22(27)19-14-17-6-3-4-7-18(17)31-19/h3-4,6-11,14-15,21,28H,5,12-13H2,1-2H3. The van der Waals surface area contributed by atoms with Gasteiger partial charge >= 0.3 is 0 Å². The van der Waals surface area contributed by atoms with E-state index in [0.29, 0.717) is 30.7 Å². The van der Waals surface area contributed by atoms with Gasteiger partial charge in [0.2, 0.25) is 5.78 Å². The quantitative estimate of drug-likeness (QED) is 0.433. The van der Waals surface area contributed by atoms with Crippen molar-refractivity contribution in [1.29, 1.82) is 0 Å². The molecule has 0 saturated heterocycles. The van der Waals surface area contributed by atoms with Crippen LogP contribution in [0.2, 0.25) is 0 Å². The van der Waals surface area contributed by atoms with Crippen molar-refractivity contribution >= 4 is 22.7 Å². The van der Waals surface area contributed by atoms with E-state index in [1.165, 1.54) is 4.90 Å². The summed E-state index contributed by atoms with van der Waals surface area (Å²) in [5.74, 6) is -1.55. The zero-order valence-corrected chi connectivity index (χ0v) is 17.4. The molecule has 1 atom stereocenters. The lowest BCUT2D eigenvalue weighted by atomic mass is 9.95. The number of rotatable bonds is 8. The third-order valence-electron chi connectivity index (χ3n) is 5.21. The fraction of sp³-hybridized carbons (Fsp3) is 0.292. The first-order chi connectivity index (χ1) is 15.0. The summed E-state index contributed by atoms with van der Waals surface area (Å²) in [6.45, 7) is 4.69. The molecule has 0 spiro atoms. The van der Waals surface area contributed by atoms with Crippen LogP contribution in [-0.2, 0) is 9.53 Å². The summed E-state index contributed by atoms with van der Waals surface area (Å²) in [5.41, 5.74) is 1.27. The number of ether oxygens (including phenoxy) is 1. The van der Waals surface area contributed by atoms with E-state index in [1.54, 1.807) is 36.7 Å². The Morgan fingerprint density at radius 3 is 2.68 bits per heavy atom. The second-order valence-corrected chi connectivity index (χ2v) is 7.69. The summed E-state index contributed by atoms with van der Waals surface area (Å²) in [7, 11) is 0. The number of hydrogen-bond acceptors (Lipinski definition) is 6. The maximum Gasteiger partial charge on any atom is 0.290 e. The molecule has 7 heteroatoms. The first-order valence-electron chi connectivity index (χ1n) is 10.3. The van der Waals surface area contributed by atoms with Gasteiger partial charge in [-0.05, 0) is 50.1 Å². The van der Waals surface area contributed by atoms with Gasteiger partial charge in [-0.25, -0.2) is 0 Å². The Hall–Kier alpha value is -3.45. The molecule has 0 aliphatic carbocycles. The normalized spacial score (nSPS) is 16.7. The molecule has 1 aromatic carbocycles. The number of nitrogens with zero attached hydrogens (tertiary/aromatic N) is 2. The number of fused-ring (bicyclic) bond motifs is 1. The molecule has 0 fully saturated rings. The number of hydrogen-bond donors (Lipinski definition) is 1. The molecular weight excluding hydrogens is 396 g/mol. The molecule has 1 aliphatic heterocycles. The molecule has 1 unspecified atom stereocenters. The van der Waals surface area contributed by atoms with Gasteiger partial charge in [-0.3, -0.25) is 14.6 Å². The number of furan rings is 1. The summed E-state index contributed by atoms with van der Waals surface area (Å²) in [6.07, 6.45) is 3.85. The highest BCUT2D eigenvalue weighted by Crippen LogP contribution is 2.39. The molecule has 2 aromatic heterocycles. The number of pyridine rings is 1. The second-order valence-electron chi connectivity index (χ2n) is 7.69. The number of benzene rings is 1. The Bertz CT molecular complexity index is 1100. The van der Waals surface area contributed by atoms with Crippen LogP contribution in [0.25, 0.3) is 11.0 Å². The fourth-order valence-electron chi connectivity index (χ4n) is 3.79. The number of amides is 1. The van der Waals surface area contributed by atoms with Crippen LogP contribution in [0.4, 0.5) is 0 Å². The largest absolute Gasteiger partial charge is 0.503 e. The molecule has 0 radical (unpaired) electrons. The number of carbonyl (C=O) groups is 2. The highest BCUT2D eigenvalue weighted by Gasteiger charge is 2.44. The minimum absolute atomic E-state index is 0.0139. The number of para-hydroxylation sites is 1. The molecule has 160 valence electrons. The maximum absolute atomic E-state index is 13.4. The van der Waals surface area contributed by atoms with Gasteiger partial charge in [-0.15, -0.1) is 0 Å². The molecular formula is C24H24N2O5. The molecule has 3 heterocycles. The van der Waals surface area contributed by atoms with Crippen LogP contribution in [0.5, 0.6) is 0 Å². The Balaban J connectivity index is 1.68. The van der Waals surface area contributed by atoms with E-state index < -0.39 is 23.5 Å². The zero-order valence-electron chi connectivity index (χ0n) is 17.4. The van der Waals surface area contributed by atoms with Crippen LogP contribution in [0, 0.1) is 0 Å². The first kappa shape index (κ1) is 20.8. The minimum Gasteiger partial charge on any atom is -0.503 e. The lowest BCUT2D eigenvalue weighted by Crippen LogP contribution is -2.32. The van der Waals surface area contributed by atoms with E-state index in [4.69, 9.17) is 9.15 Å². The van der Waals surface area contributed by atoms with Crippen molar-refractivity contribution in [2.45, 2.75) is 32.4 Å². The molecule has 1 aliphatic rings. The van der Waals surface area contributed by atoms with E-state index in [9.17, 15) is 14.7 Å². The second kappa shape index (κ2) is 8.73. The van der Waals surface area contributed by atoms with Crippen molar-refractivity contribution in [3.8, 4) is 0 Å². The Morgan fingerprint density at radius 2 is 1.97 bits per heavy atom. The van der Waals surface area contributed by atoms with Crippen molar-refractivity contribution in [1.82, 2.24) is 9.88 Å². The zero-order chi connectivity index (χ0) is 22.0. The van der Waals surface area contributed by atoms with Crippen LogP contribution in [0.1, 0.15) is 42.4 Å². The number of Topliss-reactive ketones (excluding diaryl/α,β-unsaturated/α-hetero) is 1. The van der Waals surface area contributed by atoms with Crippen LogP contribution in [0.15, 0.2) is 70.6 Å². The fourth-order valence-corrected chi connectivity index (χ4v) is 3.79. The van der Waals surface area contributed by atoms with Gasteiger partial charge in [0.25, 0.3) is 5.91 Å². The van der Waals surface area contributed by atoms with Crippen LogP contribution in [-0.4, -0.2) is 45.9 Å². The average Bonchev–Trinajstić information content (AvgIpc) is 3.31. The SMILES string of the molecule is CC(C)OCCCN1C(=O)C(O)=C(C(=O)c2cc3ccccc3o2)C1c1ccncc1. The van der Waals surface area contributed by atoms with Crippen LogP contribution < -0.4 is 0 Å². The molecule has 0 saturated carbocycles. The molecule has 0 bridgehead atoms. The molecule has 3 aromatic rings. The molecule has 31 heavy (non-hydrogen) atoms. The van der Waals surface area contributed by atoms with E-state index in [1.807, 2.05) is 32.0 Å². The Kier molecular flexibility index (Phi) is 5.86. The third kappa shape index (κ3) is 4.09. The smallest absolute Gasteiger partial charge is 0.290 e. The predicted molar refractivity (Wildman–Crippen MR) is 115 cm³/mol. The summed E-state index contributed by atoms with van der Waals surface area (Å²) in [4.78, 5) is 31.8. The maximum atomic E-state index is 13.4. The van der Waals surface area contributed by atoms with Crippen molar-refractivity contribution < 1.29 is 23.8 Å². The van der Waals surface area contributed by atoms with Gasteiger partial charge in [-0.2, -0.15) is 0 Å². The Morgan fingerprint density at radius 1 is 1.23 bits per heavy atom. The van der Waals surface area contributed by atoms with Crippen molar-refractivity contribution in [2.75, 3.05) is 13.2 Å². The van der Waals surface area contributed by atoms with Gasteiger partial charge in [-0.1, -0.05) is 18.2 Å². The van der Waals surface area contributed by atoms with Crippen molar-refractivity contribution in [2.24, 2.45) is 0 Å². The summed E-state index contributed by atoms with van der Waals surface area (Å²) in [6, 6.07) is 11.6. The van der Waals surface area contributed by atoms with Gasteiger partial charge in [0.05, 0.1) is 17.7 Å². The number of aromatic nitrogens is 1. The molecule has 1 amide bonds. The van der Waals surface area contributed by atoms with Crippen molar-refractivity contribution in [3.63, 3.8) is 0 Å². The van der Waals surface area contributed by atoms with E-state index in [2.05, 4.69) is 4.98 Å². The van der Waals surface area contributed by atoms with Crippen molar-refractivity contribution in [3.05, 3.63) is 77.5 Å². The Labute approximate surface area is 179 Å². The summed E-state index contributed by atoms with van der Waals surface area (Å²) >= 11 is 0. The lowest BCUT2D eigenvalue weighted by molar-refractivity contribution is -0.129. The van der Waals surface area contributed by atoms with Gasteiger partial charge < -0.3 is 19.2 Å². The highest BCUT2D eigenvalue weighted by atomic mass is 16.5. The topological polar surface area (TPSA) is 92.9 Å². The predicted octanol–water partition coefficient (Wildman–Crippen LogP) is 4.22. The number of ketones is 1. The van der Waals surface area contributed by atoms with Crippen LogP contribution >= 0.6 is 0 Å². The van der Waals surface area contributed by atoms with Crippen LogP contribution in [0.3, 0.4) is 0 Å². The monoisotopic (exact) mass is 420 g/mol. The number of carbonyl (C=O) groups excluding carboxylic acids is 2. The van der Waals surface area contributed by atoms with Gasteiger partial charge in [0.1, 0.15) is 5.58 Å². The molecule has 1 N–H and O–H groups in total. The minimum atomic E-state index is -0.727. The third-order valence-corrected chi connectivity index (χ3v) is 5.21. The summed E-state index contributed by atoms with van der Waals surface area (Å²) < 4.78 is 11.3. The van der Waals surface area contributed by atoms with E-state index in [0.717, 1.165) is 5.39 Å². The molecule has 7 nitrogen and oxygen atoms in total. The average molecular weight is 420 g/mol. The number of aliphatic hydroxyl groups excluding tert-OH is 1. The van der Waals surface area contributed by atoms with Gasteiger partial charge in [0.15, 0.2) is 11.5 Å². The lowest BCUT2D eigenvalue weighted by Gasteiger charge is -2.26. The number of aliphatic hydroxyl groups is 1. The first-order valence-corrected chi connectivity index (χ1v) is 10.3. The van der Waals surface area contributed by atoms with Gasteiger partial charge in [0, 0.05) is 30.9 Å². The summed E-state index contributed by atoms with van der Waals surface area (Å²) in [5, 5.41) is 11.5.